The van der Waals surface area contributed by atoms with Crippen molar-refractivity contribution in [3.63, 3.8) is 0 Å². The van der Waals surface area contributed by atoms with Gasteiger partial charge >= 0.3 is 0 Å². The Balaban J connectivity index is 2.36. The van der Waals surface area contributed by atoms with Gasteiger partial charge in [-0.3, -0.25) is 4.79 Å². The van der Waals surface area contributed by atoms with Gasteiger partial charge in [-0.2, -0.15) is 0 Å². The van der Waals surface area contributed by atoms with Crippen molar-refractivity contribution in [1.82, 2.24) is 9.97 Å². The lowest BCUT2D eigenvalue weighted by Gasteiger charge is -2.23. The van der Waals surface area contributed by atoms with Gasteiger partial charge in [-0.05, 0) is 6.42 Å². The highest BCUT2D eigenvalue weighted by molar-refractivity contribution is 5.84. The third-order valence-corrected chi connectivity index (χ3v) is 3.37. The summed E-state index contributed by atoms with van der Waals surface area (Å²) in [7, 11) is 1.56. The van der Waals surface area contributed by atoms with Gasteiger partial charge in [0, 0.05) is 20.1 Å². The number of amides is 1. The molecule has 0 aliphatic carbocycles. The highest BCUT2D eigenvalue weighted by atomic mass is 19.1. The van der Waals surface area contributed by atoms with E-state index < -0.39 is 17.8 Å². The molecule has 2 rings (SSSR count). The Kier molecular flexibility index (Phi) is 3.94. The highest BCUT2D eigenvalue weighted by Crippen LogP contribution is 2.28. The highest BCUT2D eigenvalue weighted by Gasteiger charge is 2.38. The number of aromatic nitrogens is 2. The van der Waals surface area contributed by atoms with Crippen molar-refractivity contribution in [2.24, 2.45) is 5.73 Å². The van der Waals surface area contributed by atoms with Crippen molar-refractivity contribution in [3.05, 3.63) is 17.8 Å². The van der Waals surface area contributed by atoms with Crippen LogP contribution in [0.2, 0.25) is 0 Å². The number of rotatable bonds is 4. The summed E-state index contributed by atoms with van der Waals surface area (Å²) in [4.78, 5) is 20.9. The Morgan fingerprint density at radius 2 is 2.37 bits per heavy atom. The van der Waals surface area contributed by atoms with E-state index in [4.69, 9.17) is 10.5 Å². The third-order valence-electron chi connectivity index (χ3n) is 3.37. The van der Waals surface area contributed by atoms with Crippen LogP contribution in [0.15, 0.2) is 6.33 Å². The smallest absolute Gasteiger partial charge is 0.240 e. The number of methoxy groups -OCH3 is 1. The fourth-order valence-electron chi connectivity index (χ4n) is 2.31. The summed E-state index contributed by atoms with van der Waals surface area (Å²) in [5.74, 6) is -0.876. The summed E-state index contributed by atoms with van der Waals surface area (Å²) in [6.45, 7) is 2.20. The van der Waals surface area contributed by atoms with Gasteiger partial charge in [0.05, 0.1) is 11.8 Å². The third kappa shape index (κ3) is 2.51. The first-order valence-electron chi connectivity index (χ1n) is 6.16. The average Bonchev–Trinajstić information content (AvgIpc) is 2.83. The van der Waals surface area contributed by atoms with Gasteiger partial charge in [-0.15, -0.1) is 0 Å². The molecular formula is C12H17FN4O2. The van der Waals surface area contributed by atoms with Crippen LogP contribution in [-0.2, 0) is 16.0 Å². The fraction of sp³-hybridized carbons (Fsp3) is 0.583. The first-order valence-corrected chi connectivity index (χ1v) is 6.16. The molecule has 104 valence electrons. The van der Waals surface area contributed by atoms with E-state index in [-0.39, 0.29) is 11.9 Å². The lowest BCUT2D eigenvalue weighted by molar-refractivity contribution is -0.119. The number of aryl methyl sites for hydroxylation is 1. The van der Waals surface area contributed by atoms with Crippen LogP contribution in [0.3, 0.4) is 0 Å². The van der Waals surface area contributed by atoms with Gasteiger partial charge in [0.1, 0.15) is 12.4 Å². The Morgan fingerprint density at radius 3 is 2.95 bits per heavy atom. The molecule has 6 nitrogen and oxygen atoms in total. The Hall–Kier alpha value is -1.76. The van der Waals surface area contributed by atoms with Crippen LogP contribution in [0.1, 0.15) is 19.0 Å². The predicted molar refractivity (Wildman–Crippen MR) is 67.1 cm³/mol. The maximum Gasteiger partial charge on any atom is 0.240 e. The number of nitrogens with two attached hydrogens (primary N) is 1. The molecule has 7 heteroatoms. The van der Waals surface area contributed by atoms with Gasteiger partial charge in [0.2, 0.25) is 5.91 Å². The average molecular weight is 268 g/mol. The first-order chi connectivity index (χ1) is 9.08. The summed E-state index contributed by atoms with van der Waals surface area (Å²) >= 11 is 0. The number of ether oxygens (including phenoxy) is 1. The molecule has 1 saturated heterocycles. The topological polar surface area (TPSA) is 81.3 Å². The summed E-state index contributed by atoms with van der Waals surface area (Å²) in [6.07, 6.45) is 2.05. The lowest BCUT2D eigenvalue weighted by atomic mass is 10.2. The van der Waals surface area contributed by atoms with E-state index in [1.54, 1.807) is 12.0 Å². The van der Waals surface area contributed by atoms with Gasteiger partial charge in [0.25, 0.3) is 0 Å². The molecule has 1 aromatic rings. The van der Waals surface area contributed by atoms with Crippen LogP contribution in [0.5, 0.6) is 0 Å². The minimum Gasteiger partial charge on any atom is -0.380 e. The van der Waals surface area contributed by atoms with Crippen molar-refractivity contribution >= 4 is 11.7 Å². The summed E-state index contributed by atoms with van der Waals surface area (Å²) in [6, 6.07) is -0.598. The number of halogens is 1. The molecule has 0 aromatic carbocycles. The van der Waals surface area contributed by atoms with Crippen LogP contribution < -0.4 is 10.6 Å². The normalized spacial score (nSPS) is 22.8. The molecule has 2 atom stereocenters. The molecule has 2 N–H and O–H groups in total. The maximum absolute atomic E-state index is 14.2. The van der Waals surface area contributed by atoms with Gasteiger partial charge < -0.3 is 15.4 Å². The van der Waals surface area contributed by atoms with Crippen LogP contribution in [0.4, 0.5) is 10.2 Å². The molecule has 1 amide bonds. The summed E-state index contributed by atoms with van der Waals surface area (Å²) < 4.78 is 19.5. The molecule has 0 spiro atoms. The van der Waals surface area contributed by atoms with Crippen molar-refractivity contribution in [3.8, 4) is 0 Å². The van der Waals surface area contributed by atoms with Gasteiger partial charge in [-0.25, -0.2) is 14.4 Å². The van der Waals surface area contributed by atoms with Crippen molar-refractivity contribution in [2.45, 2.75) is 31.9 Å². The molecule has 2 heterocycles. The van der Waals surface area contributed by atoms with E-state index in [1.165, 1.54) is 6.33 Å². The number of carbonyl (C=O) groups excluding carboxylic acids is 1. The second kappa shape index (κ2) is 5.48. The second-order valence-corrected chi connectivity index (χ2v) is 4.48. The molecule has 0 unspecified atom stereocenters. The molecular weight excluding hydrogens is 251 g/mol. The fourth-order valence-corrected chi connectivity index (χ4v) is 2.31. The number of nitrogens with zero attached hydrogens (tertiary/aromatic N) is 3. The van der Waals surface area contributed by atoms with Crippen LogP contribution in [0.25, 0.3) is 0 Å². The SMILES string of the molecule is CCc1ncnc(N2C[C@@H](OC)C[C@H]2C(N)=O)c1F. The van der Waals surface area contributed by atoms with Crippen molar-refractivity contribution < 1.29 is 13.9 Å². The van der Waals surface area contributed by atoms with Crippen LogP contribution in [0, 0.1) is 5.82 Å². The minimum atomic E-state index is -0.598. The van der Waals surface area contributed by atoms with Crippen LogP contribution >= 0.6 is 0 Å². The molecule has 1 aromatic heterocycles. The van der Waals surface area contributed by atoms with Crippen molar-refractivity contribution in [2.75, 3.05) is 18.6 Å². The monoisotopic (exact) mass is 268 g/mol. The van der Waals surface area contributed by atoms with E-state index in [0.717, 1.165) is 0 Å². The zero-order valence-electron chi connectivity index (χ0n) is 11.0. The number of primary amides is 1. The zero-order valence-corrected chi connectivity index (χ0v) is 11.0. The Morgan fingerprint density at radius 1 is 1.63 bits per heavy atom. The molecule has 1 aliphatic rings. The van der Waals surface area contributed by atoms with E-state index in [2.05, 4.69) is 9.97 Å². The predicted octanol–water partition coefficient (Wildman–Crippen LogP) is 0.257. The number of carbonyl (C=O) groups is 1. The quantitative estimate of drug-likeness (QED) is 0.847. The largest absolute Gasteiger partial charge is 0.380 e. The number of hydrogen-bond acceptors (Lipinski definition) is 5. The number of hydrogen-bond donors (Lipinski definition) is 1. The standard InChI is InChI=1S/C12H17FN4O2/c1-3-8-10(13)12(16-6-15-8)17-5-7(19-2)4-9(17)11(14)18/h6-7,9H,3-5H2,1-2H3,(H2,14,18)/t7-,9-/m0/s1. The second-order valence-electron chi connectivity index (χ2n) is 4.48. The Labute approximate surface area is 110 Å². The molecule has 0 bridgehead atoms. The van der Waals surface area contributed by atoms with Crippen molar-refractivity contribution in [1.29, 1.82) is 0 Å². The summed E-state index contributed by atoms with van der Waals surface area (Å²) in [5.41, 5.74) is 5.69. The van der Waals surface area contributed by atoms with Gasteiger partial charge in [0.15, 0.2) is 11.6 Å². The van der Waals surface area contributed by atoms with E-state index in [9.17, 15) is 9.18 Å². The van der Waals surface area contributed by atoms with Gasteiger partial charge in [-0.1, -0.05) is 6.92 Å². The maximum atomic E-state index is 14.2. The van der Waals surface area contributed by atoms with E-state index in [1.807, 2.05) is 6.92 Å². The summed E-state index contributed by atoms with van der Waals surface area (Å²) in [5, 5.41) is 0. The molecule has 1 aliphatic heterocycles. The number of anilines is 1. The lowest BCUT2D eigenvalue weighted by Crippen LogP contribution is -2.41. The molecule has 1 fully saturated rings. The molecule has 0 saturated carbocycles. The molecule has 19 heavy (non-hydrogen) atoms. The zero-order chi connectivity index (χ0) is 14.0. The van der Waals surface area contributed by atoms with E-state index >= 15 is 0 Å². The molecule has 0 radical (unpaired) electrons. The van der Waals surface area contributed by atoms with Crippen LogP contribution in [-0.4, -0.2) is 41.7 Å². The Bertz CT molecular complexity index is 483. The first kappa shape index (κ1) is 13.7. The minimum absolute atomic E-state index is 0.121. The van der Waals surface area contributed by atoms with E-state index in [0.29, 0.717) is 25.1 Å².